The first-order valence-electron chi connectivity index (χ1n) is 13.9. The number of unbranched alkanes of at least 4 members (excludes halogenated alkanes) is 9. The van der Waals surface area contributed by atoms with E-state index in [1.54, 1.807) is 7.05 Å². The maximum atomic E-state index is 11.7. The molecule has 0 aliphatic carbocycles. The molecular formula is C31H49NO3Si. The number of rotatable bonds is 17. The molecular weight excluding hydrogens is 462 g/mol. The van der Waals surface area contributed by atoms with E-state index in [4.69, 9.17) is 9.26 Å². The van der Waals surface area contributed by atoms with Gasteiger partial charge in [-0.15, -0.1) is 0 Å². The number of benzene rings is 2. The lowest BCUT2D eigenvalue weighted by molar-refractivity contribution is -0.168. The minimum absolute atomic E-state index is 0.0443. The van der Waals surface area contributed by atoms with Gasteiger partial charge >= 0.3 is 0 Å². The van der Waals surface area contributed by atoms with Crippen LogP contribution in [0.25, 0.3) is 0 Å². The molecule has 0 aliphatic rings. The van der Waals surface area contributed by atoms with Crippen LogP contribution in [0.3, 0.4) is 0 Å². The summed E-state index contributed by atoms with van der Waals surface area (Å²) in [6.45, 7) is 7.85. The summed E-state index contributed by atoms with van der Waals surface area (Å²) in [5, 5.41) is 4.08. The molecule has 0 N–H and O–H groups in total. The summed E-state index contributed by atoms with van der Waals surface area (Å²) in [6, 6.07) is 21.8. The summed E-state index contributed by atoms with van der Waals surface area (Å²) in [6.07, 6.45) is 12.7. The Kier molecular flexibility index (Phi) is 13.5. The Morgan fingerprint density at radius 2 is 1.14 bits per heavy atom. The van der Waals surface area contributed by atoms with E-state index in [0.29, 0.717) is 6.42 Å². The van der Waals surface area contributed by atoms with Crippen LogP contribution >= 0.6 is 0 Å². The Hall–Kier alpha value is -1.95. The van der Waals surface area contributed by atoms with Crippen molar-refractivity contribution in [3.05, 3.63) is 60.7 Å². The molecule has 0 spiro atoms. The molecule has 1 amide bonds. The molecule has 2 aromatic rings. The minimum atomic E-state index is -2.39. The average molecular weight is 512 g/mol. The van der Waals surface area contributed by atoms with Crippen LogP contribution in [0.5, 0.6) is 0 Å². The zero-order chi connectivity index (χ0) is 26.3. The molecule has 2 rings (SSSR count). The van der Waals surface area contributed by atoms with Crippen molar-refractivity contribution in [1.29, 1.82) is 0 Å². The zero-order valence-corrected chi connectivity index (χ0v) is 24.4. The second-order valence-corrected chi connectivity index (χ2v) is 15.2. The first-order chi connectivity index (χ1) is 17.3. The van der Waals surface area contributed by atoms with Crippen molar-refractivity contribution in [2.45, 2.75) is 96.4 Å². The molecule has 0 aromatic heterocycles. The monoisotopic (exact) mass is 511 g/mol. The second-order valence-electron chi connectivity index (χ2n) is 10.9. The van der Waals surface area contributed by atoms with Gasteiger partial charge < -0.3 is 4.43 Å². The van der Waals surface area contributed by atoms with Gasteiger partial charge in [-0.1, -0.05) is 133 Å². The SMILES string of the molecule is CON(C)C(=O)CCCCCCCCCCCCO[Si](c1ccccc1)(c1ccccc1)C(C)(C)C. The topological polar surface area (TPSA) is 38.8 Å². The fraction of sp³-hybridized carbons (Fsp3) is 0.581. The van der Waals surface area contributed by atoms with E-state index in [-0.39, 0.29) is 10.9 Å². The molecule has 2 aromatic carbocycles. The van der Waals surface area contributed by atoms with Crippen LogP contribution in [0.2, 0.25) is 5.04 Å². The third-order valence-electron chi connectivity index (χ3n) is 7.15. The van der Waals surface area contributed by atoms with Gasteiger partial charge in [-0.25, -0.2) is 5.06 Å². The first kappa shape index (κ1) is 30.3. The molecule has 0 unspecified atom stereocenters. The van der Waals surface area contributed by atoms with E-state index in [0.717, 1.165) is 25.9 Å². The predicted molar refractivity (Wildman–Crippen MR) is 154 cm³/mol. The molecule has 5 heteroatoms. The number of hydrogen-bond acceptors (Lipinski definition) is 3. The summed E-state index contributed by atoms with van der Waals surface area (Å²) < 4.78 is 6.99. The number of hydrogen-bond donors (Lipinski definition) is 0. The van der Waals surface area contributed by atoms with E-state index in [1.807, 2.05) is 0 Å². The molecule has 200 valence electrons. The summed E-state index contributed by atoms with van der Waals surface area (Å²) in [5.41, 5.74) is 0. The standard InChI is InChI=1S/C31H49NO3Si/c1-31(2,3)36(28-22-16-14-17-23-28,29-24-18-15-19-25-29)35-27-21-13-11-9-7-6-8-10-12-20-26-30(33)32(4)34-5/h14-19,22-25H,6-13,20-21,26-27H2,1-5H3. The molecule has 0 saturated heterocycles. The second kappa shape index (κ2) is 16.0. The molecule has 4 nitrogen and oxygen atoms in total. The smallest absolute Gasteiger partial charge is 0.261 e. The number of amides is 1. The Labute approximate surface area is 221 Å². The summed E-state index contributed by atoms with van der Waals surface area (Å²) in [4.78, 5) is 16.6. The number of nitrogens with zero attached hydrogens (tertiary/aromatic N) is 1. The highest BCUT2D eigenvalue weighted by molar-refractivity contribution is 6.99. The third kappa shape index (κ3) is 9.17. The molecule has 0 heterocycles. The summed E-state index contributed by atoms with van der Waals surface area (Å²) >= 11 is 0. The zero-order valence-electron chi connectivity index (χ0n) is 23.4. The highest BCUT2D eigenvalue weighted by Gasteiger charge is 2.49. The Morgan fingerprint density at radius 1 is 0.722 bits per heavy atom. The highest BCUT2D eigenvalue weighted by Crippen LogP contribution is 2.36. The maximum Gasteiger partial charge on any atom is 0.261 e. The van der Waals surface area contributed by atoms with Gasteiger partial charge in [0.2, 0.25) is 5.91 Å². The van der Waals surface area contributed by atoms with Crippen LogP contribution in [0.4, 0.5) is 0 Å². The fourth-order valence-electron chi connectivity index (χ4n) is 5.04. The van der Waals surface area contributed by atoms with E-state index in [2.05, 4.69) is 81.4 Å². The van der Waals surface area contributed by atoms with Gasteiger partial charge in [-0.05, 0) is 28.3 Å². The lowest BCUT2D eigenvalue weighted by Gasteiger charge is -2.43. The lowest BCUT2D eigenvalue weighted by atomic mass is 10.1. The van der Waals surface area contributed by atoms with Gasteiger partial charge in [0.1, 0.15) is 0 Å². The number of carbonyl (C=O) groups excluding carboxylic acids is 1. The van der Waals surface area contributed by atoms with Crippen molar-refractivity contribution in [3.63, 3.8) is 0 Å². The van der Waals surface area contributed by atoms with Crippen LogP contribution in [0.1, 0.15) is 91.4 Å². The van der Waals surface area contributed by atoms with Crippen LogP contribution in [-0.2, 0) is 14.1 Å². The largest absolute Gasteiger partial charge is 0.407 e. The van der Waals surface area contributed by atoms with Crippen molar-refractivity contribution < 1.29 is 14.1 Å². The molecule has 0 atom stereocenters. The Balaban J connectivity index is 1.70. The van der Waals surface area contributed by atoms with Crippen molar-refractivity contribution >= 4 is 24.6 Å². The van der Waals surface area contributed by atoms with Gasteiger partial charge in [-0.2, -0.15) is 0 Å². The van der Waals surface area contributed by atoms with Crippen molar-refractivity contribution in [1.82, 2.24) is 5.06 Å². The third-order valence-corrected chi connectivity index (χ3v) is 12.2. The van der Waals surface area contributed by atoms with Crippen LogP contribution in [0, 0.1) is 0 Å². The molecule has 0 aliphatic heterocycles. The van der Waals surface area contributed by atoms with Gasteiger partial charge in [0.25, 0.3) is 8.32 Å². The normalized spacial score (nSPS) is 12.0. The van der Waals surface area contributed by atoms with Crippen LogP contribution in [0.15, 0.2) is 60.7 Å². The van der Waals surface area contributed by atoms with Crippen LogP contribution in [-0.4, -0.2) is 40.1 Å². The molecule has 0 fully saturated rings. The molecule has 0 saturated carbocycles. The highest BCUT2D eigenvalue weighted by atomic mass is 28.4. The van der Waals surface area contributed by atoms with Crippen LogP contribution < -0.4 is 10.4 Å². The number of carbonyl (C=O) groups is 1. The van der Waals surface area contributed by atoms with Gasteiger partial charge in [-0.3, -0.25) is 9.63 Å². The molecule has 0 bridgehead atoms. The predicted octanol–water partition coefficient (Wildman–Crippen LogP) is 6.87. The first-order valence-corrected chi connectivity index (χ1v) is 15.8. The molecule has 36 heavy (non-hydrogen) atoms. The van der Waals surface area contributed by atoms with E-state index < -0.39 is 8.32 Å². The van der Waals surface area contributed by atoms with E-state index >= 15 is 0 Å². The summed E-state index contributed by atoms with van der Waals surface area (Å²) in [7, 11) is 0.806. The van der Waals surface area contributed by atoms with Gasteiger partial charge in [0.15, 0.2) is 0 Å². The maximum absolute atomic E-state index is 11.7. The van der Waals surface area contributed by atoms with Crippen molar-refractivity contribution in [2.24, 2.45) is 0 Å². The quantitative estimate of drug-likeness (QED) is 0.132. The lowest BCUT2D eigenvalue weighted by Crippen LogP contribution is -2.66. The average Bonchev–Trinajstić information content (AvgIpc) is 2.88. The van der Waals surface area contributed by atoms with E-state index in [1.165, 1.54) is 67.5 Å². The Morgan fingerprint density at radius 3 is 1.56 bits per heavy atom. The fourth-order valence-corrected chi connectivity index (χ4v) is 9.64. The minimum Gasteiger partial charge on any atom is -0.407 e. The summed E-state index contributed by atoms with van der Waals surface area (Å²) in [5.74, 6) is 0.0661. The van der Waals surface area contributed by atoms with E-state index in [9.17, 15) is 4.79 Å². The van der Waals surface area contributed by atoms with Gasteiger partial charge in [0, 0.05) is 20.1 Å². The van der Waals surface area contributed by atoms with Crippen molar-refractivity contribution in [2.75, 3.05) is 20.8 Å². The van der Waals surface area contributed by atoms with Gasteiger partial charge in [0.05, 0.1) is 7.11 Å². The molecule has 0 radical (unpaired) electrons. The number of hydroxylamine groups is 2. The Bertz CT molecular complexity index is 812. The van der Waals surface area contributed by atoms with Crippen molar-refractivity contribution in [3.8, 4) is 0 Å².